The molecule has 8 nitrogen and oxygen atoms in total. The van der Waals surface area contributed by atoms with Gasteiger partial charge in [0.1, 0.15) is 0 Å². The number of aryl methyl sites for hydroxylation is 1. The zero-order valence-corrected chi connectivity index (χ0v) is 15.8. The highest BCUT2D eigenvalue weighted by Crippen LogP contribution is 2.26. The van der Waals surface area contributed by atoms with Crippen molar-refractivity contribution in [3.05, 3.63) is 29.8 Å². The Labute approximate surface area is 158 Å². The molecule has 0 bridgehead atoms. The Bertz CT molecular complexity index is 717. The van der Waals surface area contributed by atoms with Crippen LogP contribution in [0.3, 0.4) is 0 Å². The highest BCUT2D eigenvalue weighted by atomic mass is 16.5. The number of benzene rings is 1. The van der Waals surface area contributed by atoms with E-state index in [1.807, 2.05) is 31.2 Å². The first-order valence-corrected chi connectivity index (χ1v) is 9.04. The molecule has 4 amide bonds. The smallest absolute Gasteiger partial charge is 0.321 e. The molecule has 2 atom stereocenters. The predicted molar refractivity (Wildman–Crippen MR) is 99.0 cm³/mol. The predicted octanol–water partition coefficient (Wildman–Crippen LogP) is 1.38. The molecule has 8 heteroatoms. The van der Waals surface area contributed by atoms with Crippen molar-refractivity contribution in [1.82, 2.24) is 10.6 Å². The van der Waals surface area contributed by atoms with Gasteiger partial charge in [-0.2, -0.15) is 0 Å². The Balaban J connectivity index is 1.92. The molecule has 1 aromatic rings. The van der Waals surface area contributed by atoms with Gasteiger partial charge in [0.2, 0.25) is 5.91 Å². The molecule has 1 heterocycles. The van der Waals surface area contributed by atoms with Crippen LogP contribution in [0.5, 0.6) is 0 Å². The van der Waals surface area contributed by atoms with Gasteiger partial charge in [-0.05, 0) is 38.0 Å². The van der Waals surface area contributed by atoms with Crippen molar-refractivity contribution in [1.29, 1.82) is 0 Å². The molecule has 0 aromatic heterocycles. The lowest BCUT2D eigenvalue weighted by Gasteiger charge is -2.18. The molecule has 1 aliphatic heterocycles. The lowest BCUT2D eigenvalue weighted by atomic mass is 10.1. The van der Waals surface area contributed by atoms with Gasteiger partial charge in [0.05, 0.1) is 5.92 Å². The summed E-state index contributed by atoms with van der Waals surface area (Å²) >= 11 is 0. The van der Waals surface area contributed by atoms with Crippen molar-refractivity contribution in [2.45, 2.75) is 39.7 Å². The summed E-state index contributed by atoms with van der Waals surface area (Å²) in [6.07, 6.45) is -0.202. The minimum atomic E-state index is -1.13. The number of urea groups is 1. The van der Waals surface area contributed by atoms with Gasteiger partial charge in [0, 0.05) is 25.2 Å². The monoisotopic (exact) mass is 375 g/mol. The Hall–Kier alpha value is -2.90. The maximum absolute atomic E-state index is 12.3. The van der Waals surface area contributed by atoms with Crippen LogP contribution in [0, 0.1) is 5.92 Å². The number of imide groups is 1. The molecular formula is C19H25N3O5. The number of nitrogens with zero attached hydrogens (tertiary/aromatic N) is 1. The molecular weight excluding hydrogens is 350 g/mol. The van der Waals surface area contributed by atoms with Gasteiger partial charge in [0.15, 0.2) is 6.10 Å². The van der Waals surface area contributed by atoms with E-state index in [4.69, 9.17) is 4.74 Å². The fourth-order valence-electron chi connectivity index (χ4n) is 2.77. The fraction of sp³-hybridized carbons (Fsp3) is 0.474. The number of amides is 4. The van der Waals surface area contributed by atoms with Crippen LogP contribution in [0.2, 0.25) is 0 Å². The highest BCUT2D eigenvalue weighted by Gasteiger charge is 2.37. The average molecular weight is 375 g/mol. The molecule has 2 N–H and O–H groups in total. The van der Waals surface area contributed by atoms with Crippen molar-refractivity contribution in [2.75, 3.05) is 18.0 Å². The molecule has 2 rings (SSSR count). The summed E-state index contributed by atoms with van der Waals surface area (Å²) in [6, 6.07) is 6.95. The second-order valence-corrected chi connectivity index (χ2v) is 6.35. The van der Waals surface area contributed by atoms with Crippen LogP contribution in [-0.2, 0) is 25.5 Å². The van der Waals surface area contributed by atoms with E-state index >= 15 is 0 Å². The number of carbonyl (C=O) groups is 4. The van der Waals surface area contributed by atoms with Crippen LogP contribution >= 0.6 is 0 Å². The third-order valence-electron chi connectivity index (χ3n) is 4.35. The molecule has 27 heavy (non-hydrogen) atoms. The topological polar surface area (TPSA) is 105 Å². The maximum atomic E-state index is 12.3. The molecule has 1 aromatic carbocycles. The molecule has 0 spiro atoms. The number of anilines is 1. The SMILES string of the molecule is CCNC(=O)NC(=O)[C@@H](C)OC(=O)[C@@H]1CC(=O)N(c2ccc(CC)cc2)C1. The van der Waals surface area contributed by atoms with Crippen LogP contribution in [0.4, 0.5) is 10.5 Å². The standard InChI is InChI=1S/C19H25N3O5/c1-4-13-6-8-15(9-7-13)22-11-14(10-16(22)23)18(25)27-12(3)17(24)21-19(26)20-5-2/h6-9,12,14H,4-5,10-11H2,1-3H3,(H2,20,21,24,26)/t12-,14-/m1/s1. The van der Waals surface area contributed by atoms with Crippen molar-refractivity contribution >= 4 is 29.5 Å². The number of rotatable bonds is 6. The first-order valence-electron chi connectivity index (χ1n) is 9.04. The molecule has 0 saturated carbocycles. The second kappa shape index (κ2) is 9.16. The summed E-state index contributed by atoms with van der Waals surface area (Å²) in [5.74, 6) is -2.16. The quantitative estimate of drug-likeness (QED) is 0.731. The lowest BCUT2D eigenvalue weighted by Crippen LogP contribution is -2.45. The van der Waals surface area contributed by atoms with Gasteiger partial charge in [-0.15, -0.1) is 0 Å². The molecule has 0 aliphatic carbocycles. The summed E-state index contributed by atoms with van der Waals surface area (Å²) in [5, 5.41) is 4.50. The molecule has 0 unspecified atom stereocenters. The van der Waals surface area contributed by atoms with Crippen molar-refractivity contribution in [2.24, 2.45) is 5.92 Å². The van der Waals surface area contributed by atoms with E-state index in [1.165, 1.54) is 6.92 Å². The average Bonchev–Trinajstić information content (AvgIpc) is 3.03. The number of ether oxygens (including phenoxy) is 1. The van der Waals surface area contributed by atoms with Crippen molar-refractivity contribution < 1.29 is 23.9 Å². The number of esters is 1. The summed E-state index contributed by atoms with van der Waals surface area (Å²) in [7, 11) is 0. The zero-order chi connectivity index (χ0) is 20.0. The van der Waals surface area contributed by atoms with Gasteiger partial charge in [-0.3, -0.25) is 19.7 Å². The Kier molecular flexibility index (Phi) is 6.92. The van der Waals surface area contributed by atoms with Crippen molar-refractivity contribution in [3.8, 4) is 0 Å². The number of nitrogens with one attached hydrogen (secondary N) is 2. The van der Waals surface area contributed by atoms with Crippen molar-refractivity contribution in [3.63, 3.8) is 0 Å². The van der Waals surface area contributed by atoms with E-state index in [9.17, 15) is 19.2 Å². The summed E-state index contributed by atoms with van der Waals surface area (Å²) in [5.41, 5.74) is 1.89. The summed E-state index contributed by atoms with van der Waals surface area (Å²) in [6.45, 7) is 5.71. The largest absolute Gasteiger partial charge is 0.452 e. The van der Waals surface area contributed by atoms with E-state index in [0.29, 0.717) is 6.54 Å². The third kappa shape index (κ3) is 5.29. The number of hydrogen-bond acceptors (Lipinski definition) is 5. The highest BCUT2D eigenvalue weighted by molar-refractivity contribution is 6.00. The van der Waals surface area contributed by atoms with Gasteiger partial charge in [0.25, 0.3) is 5.91 Å². The first kappa shape index (κ1) is 20.4. The minimum Gasteiger partial charge on any atom is -0.452 e. The van der Waals surface area contributed by atoms with Gasteiger partial charge < -0.3 is 15.0 Å². The van der Waals surface area contributed by atoms with Gasteiger partial charge in [-0.1, -0.05) is 19.1 Å². The third-order valence-corrected chi connectivity index (χ3v) is 4.35. The fourth-order valence-corrected chi connectivity index (χ4v) is 2.77. The van der Waals surface area contributed by atoms with Crippen LogP contribution in [0.15, 0.2) is 24.3 Å². The Morgan fingerprint density at radius 1 is 1.22 bits per heavy atom. The summed E-state index contributed by atoms with van der Waals surface area (Å²) in [4.78, 5) is 49.3. The van der Waals surface area contributed by atoms with Crippen LogP contribution in [0.25, 0.3) is 0 Å². The van der Waals surface area contributed by atoms with E-state index in [0.717, 1.165) is 17.7 Å². The summed E-state index contributed by atoms with van der Waals surface area (Å²) < 4.78 is 5.13. The second-order valence-electron chi connectivity index (χ2n) is 6.35. The van der Waals surface area contributed by atoms with Gasteiger partial charge >= 0.3 is 12.0 Å². The number of hydrogen-bond donors (Lipinski definition) is 2. The molecule has 1 aliphatic rings. The van der Waals surface area contributed by atoms with E-state index < -0.39 is 29.9 Å². The maximum Gasteiger partial charge on any atom is 0.321 e. The normalized spacial score (nSPS) is 17.4. The number of carbonyl (C=O) groups excluding carboxylic acids is 4. The van der Waals surface area contributed by atoms with E-state index in [2.05, 4.69) is 10.6 Å². The zero-order valence-electron chi connectivity index (χ0n) is 15.8. The van der Waals surface area contributed by atoms with Gasteiger partial charge in [-0.25, -0.2) is 4.79 Å². The van der Waals surface area contributed by atoms with Crippen LogP contribution < -0.4 is 15.5 Å². The Morgan fingerprint density at radius 3 is 2.48 bits per heavy atom. The Morgan fingerprint density at radius 2 is 1.89 bits per heavy atom. The molecule has 146 valence electrons. The molecule has 0 radical (unpaired) electrons. The minimum absolute atomic E-state index is 0.0268. The van der Waals surface area contributed by atoms with E-state index in [-0.39, 0.29) is 18.9 Å². The van der Waals surface area contributed by atoms with Crippen LogP contribution in [-0.4, -0.2) is 43.0 Å². The lowest BCUT2D eigenvalue weighted by molar-refractivity contribution is -0.158. The van der Waals surface area contributed by atoms with Crippen LogP contribution in [0.1, 0.15) is 32.8 Å². The first-order chi connectivity index (χ1) is 12.8. The molecule has 1 saturated heterocycles. The van der Waals surface area contributed by atoms with E-state index in [1.54, 1.807) is 11.8 Å². The molecule has 1 fully saturated rings.